The molecule has 38 heavy (non-hydrogen) atoms. The van der Waals surface area contributed by atoms with Crippen molar-refractivity contribution in [3.8, 4) is 5.75 Å². The van der Waals surface area contributed by atoms with Crippen molar-refractivity contribution >= 4 is 22.3 Å². The van der Waals surface area contributed by atoms with Crippen molar-refractivity contribution in [3.05, 3.63) is 59.7 Å². The summed E-state index contributed by atoms with van der Waals surface area (Å²) in [5, 5.41) is 0. The first kappa shape index (κ1) is 31.6. The quantitative estimate of drug-likeness (QED) is 0.244. The van der Waals surface area contributed by atoms with Crippen LogP contribution in [0.3, 0.4) is 0 Å². The molecule has 2 rings (SSSR count). The molecule has 1 unspecified atom stereocenters. The standard InChI is InChI=1S/C28H41NO8S/c1-27(2,3)37-26(30)29(5)28(4)15-13-24(14-16-28)8-7-23-9-11-25(12-10-23)35-21-19-33-17-18-34-20-22-36-38(6,31)32/h7-15H,16-22H2,1-6H3/b8-7+. The maximum atomic E-state index is 12.5. The Kier molecular flexibility index (Phi) is 12.0. The van der Waals surface area contributed by atoms with Crippen LogP contribution in [-0.4, -0.2) is 83.5 Å². The van der Waals surface area contributed by atoms with E-state index in [4.69, 9.17) is 18.9 Å². The minimum Gasteiger partial charge on any atom is -0.491 e. The molecule has 0 bridgehead atoms. The molecule has 9 nitrogen and oxygen atoms in total. The zero-order valence-electron chi connectivity index (χ0n) is 23.3. The van der Waals surface area contributed by atoms with Crippen LogP contribution in [0.15, 0.2) is 54.1 Å². The van der Waals surface area contributed by atoms with Gasteiger partial charge in [0.05, 0.1) is 44.8 Å². The highest BCUT2D eigenvalue weighted by molar-refractivity contribution is 7.85. The number of ether oxygens (including phenoxy) is 4. The zero-order chi connectivity index (χ0) is 28.2. The first-order valence-corrected chi connectivity index (χ1v) is 14.4. The van der Waals surface area contributed by atoms with Crippen molar-refractivity contribution in [1.29, 1.82) is 0 Å². The third-order valence-electron chi connectivity index (χ3n) is 5.56. The molecule has 0 aromatic heterocycles. The number of benzene rings is 1. The molecule has 0 heterocycles. The van der Waals surface area contributed by atoms with Crippen LogP contribution in [0.4, 0.5) is 4.79 Å². The van der Waals surface area contributed by atoms with Crippen LogP contribution in [0.1, 0.15) is 39.7 Å². The highest BCUT2D eigenvalue weighted by Gasteiger charge is 2.33. The number of hydrogen-bond acceptors (Lipinski definition) is 8. The molecule has 0 saturated heterocycles. The van der Waals surface area contributed by atoms with Gasteiger partial charge in [-0.15, -0.1) is 0 Å². The van der Waals surface area contributed by atoms with Crippen LogP contribution < -0.4 is 4.74 Å². The zero-order valence-corrected chi connectivity index (χ0v) is 24.1. The average Bonchev–Trinajstić information content (AvgIpc) is 2.83. The van der Waals surface area contributed by atoms with Gasteiger partial charge in [-0.05, 0) is 57.4 Å². The summed E-state index contributed by atoms with van der Waals surface area (Å²) in [6.07, 6.45) is 11.6. The highest BCUT2D eigenvalue weighted by Crippen LogP contribution is 2.28. The molecule has 10 heteroatoms. The van der Waals surface area contributed by atoms with Gasteiger partial charge in [-0.1, -0.05) is 42.5 Å². The molecule has 1 amide bonds. The Bertz CT molecular complexity index is 1090. The molecular formula is C28H41NO8S. The van der Waals surface area contributed by atoms with Gasteiger partial charge < -0.3 is 23.8 Å². The summed E-state index contributed by atoms with van der Waals surface area (Å²) >= 11 is 0. The Morgan fingerprint density at radius 1 is 1.00 bits per heavy atom. The minimum atomic E-state index is -3.43. The fraction of sp³-hybridized carbons (Fsp3) is 0.536. The topological polar surface area (TPSA) is 101 Å². The van der Waals surface area contributed by atoms with E-state index in [2.05, 4.69) is 10.3 Å². The normalized spacial score (nSPS) is 17.9. The summed E-state index contributed by atoms with van der Waals surface area (Å²) in [5.74, 6) is 0.748. The predicted octanol–water partition coefficient (Wildman–Crippen LogP) is 4.60. The second-order valence-corrected chi connectivity index (χ2v) is 11.8. The van der Waals surface area contributed by atoms with Crippen LogP contribution >= 0.6 is 0 Å². The third kappa shape index (κ3) is 12.3. The Balaban J connectivity index is 1.68. The molecule has 1 atom stereocenters. The number of carbonyl (C=O) groups excluding carboxylic acids is 1. The smallest absolute Gasteiger partial charge is 0.410 e. The number of likely N-dealkylation sites (N-methyl/N-ethyl adjacent to an activating group) is 1. The summed E-state index contributed by atoms with van der Waals surface area (Å²) in [6, 6.07) is 7.77. The lowest BCUT2D eigenvalue weighted by atomic mass is 9.89. The molecular weight excluding hydrogens is 510 g/mol. The summed E-state index contributed by atoms with van der Waals surface area (Å²) in [7, 11) is -1.67. The van der Waals surface area contributed by atoms with Gasteiger partial charge in [0.1, 0.15) is 18.0 Å². The Morgan fingerprint density at radius 3 is 2.16 bits per heavy atom. The summed E-state index contributed by atoms with van der Waals surface area (Å²) in [4.78, 5) is 14.1. The van der Waals surface area contributed by atoms with Crippen LogP contribution in [0, 0.1) is 0 Å². The van der Waals surface area contributed by atoms with Gasteiger partial charge in [-0.3, -0.25) is 4.18 Å². The lowest BCUT2D eigenvalue weighted by Crippen LogP contribution is -2.48. The second-order valence-electron chi connectivity index (χ2n) is 10.1. The second kappa shape index (κ2) is 14.5. The molecule has 0 aliphatic heterocycles. The summed E-state index contributed by atoms with van der Waals surface area (Å²) < 4.78 is 48.1. The van der Waals surface area contributed by atoms with Gasteiger partial charge in [0.2, 0.25) is 0 Å². The molecule has 1 aliphatic carbocycles. The average molecular weight is 552 g/mol. The van der Waals surface area contributed by atoms with E-state index in [-0.39, 0.29) is 19.3 Å². The SMILES string of the molecule is CN(C(=O)OC(C)(C)C)C1(C)C=CC(/C=C/c2ccc(OCCOCCOCCOS(C)(=O)=O)cc2)=CC1. The van der Waals surface area contributed by atoms with Crippen molar-refractivity contribution in [2.75, 3.05) is 52.9 Å². The van der Waals surface area contributed by atoms with Gasteiger partial charge >= 0.3 is 6.09 Å². The fourth-order valence-corrected chi connectivity index (χ4v) is 3.67. The van der Waals surface area contributed by atoms with E-state index >= 15 is 0 Å². The Labute approximate surface area is 227 Å². The minimum absolute atomic E-state index is 0.00564. The van der Waals surface area contributed by atoms with E-state index in [9.17, 15) is 13.2 Å². The van der Waals surface area contributed by atoms with Gasteiger partial charge in [-0.2, -0.15) is 8.42 Å². The van der Waals surface area contributed by atoms with Crippen molar-refractivity contribution in [2.45, 2.75) is 45.3 Å². The predicted molar refractivity (Wildman–Crippen MR) is 148 cm³/mol. The number of rotatable bonds is 14. The van der Waals surface area contributed by atoms with E-state index in [1.165, 1.54) is 0 Å². The van der Waals surface area contributed by atoms with Crippen LogP contribution in [0.25, 0.3) is 6.08 Å². The van der Waals surface area contributed by atoms with Gasteiger partial charge in [0.25, 0.3) is 10.1 Å². The van der Waals surface area contributed by atoms with Crippen molar-refractivity contribution in [3.63, 3.8) is 0 Å². The van der Waals surface area contributed by atoms with Crippen LogP contribution in [-0.2, 0) is 28.5 Å². The largest absolute Gasteiger partial charge is 0.491 e. The number of carbonyl (C=O) groups is 1. The molecule has 212 valence electrons. The maximum Gasteiger partial charge on any atom is 0.410 e. The van der Waals surface area contributed by atoms with Gasteiger partial charge in [0.15, 0.2) is 0 Å². The van der Waals surface area contributed by atoms with E-state index in [1.54, 1.807) is 11.9 Å². The fourth-order valence-electron chi connectivity index (χ4n) is 3.30. The molecule has 1 aliphatic rings. The van der Waals surface area contributed by atoms with Crippen molar-refractivity contribution in [2.24, 2.45) is 0 Å². The first-order valence-electron chi connectivity index (χ1n) is 12.5. The Morgan fingerprint density at radius 2 is 1.61 bits per heavy atom. The number of nitrogens with zero attached hydrogens (tertiary/aromatic N) is 1. The summed E-state index contributed by atoms with van der Waals surface area (Å²) in [5.41, 5.74) is 1.14. The van der Waals surface area contributed by atoms with E-state index in [0.29, 0.717) is 32.8 Å². The monoisotopic (exact) mass is 551 g/mol. The van der Waals surface area contributed by atoms with Crippen molar-refractivity contribution < 1.29 is 36.3 Å². The van der Waals surface area contributed by atoms with Gasteiger partial charge in [0, 0.05) is 7.05 Å². The van der Waals surface area contributed by atoms with E-state index in [1.807, 2.05) is 76.3 Å². The molecule has 0 radical (unpaired) electrons. The van der Waals surface area contributed by atoms with E-state index < -0.39 is 21.3 Å². The Hall–Kier alpha value is -2.66. The highest BCUT2D eigenvalue weighted by atomic mass is 32.2. The van der Waals surface area contributed by atoms with Crippen LogP contribution in [0.2, 0.25) is 0 Å². The maximum absolute atomic E-state index is 12.5. The molecule has 1 aromatic carbocycles. The van der Waals surface area contributed by atoms with E-state index in [0.717, 1.165) is 23.1 Å². The lowest BCUT2D eigenvalue weighted by Gasteiger charge is -2.38. The molecule has 0 saturated carbocycles. The molecule has 0 fully saturated rings. The number of allylic oxidation sites excluding steroid dienone is 3. The molecule has 0 N–H and O–H groups in total. The summed E-state index contributed by atoms with van der Waals surface area (Å²) in [6.45, 7) is 9.32. The van der Waals surface area contributed by atoms with Gasteiger partial charge in [-0.25, -0.2) is 4.79 Å². The molecule has 1 aromatic rings. The lowest BCUT2D eigenvalue weighted by molar-refractivity contribution is 0.0155. The number of amides is 1. The first-order chi connectivity index (χ1) is 17.8. The van der Waals surface area contributed by atoms with Crippen LogP contribution in [0.5, 0.6) is 5.75 Å². The number of hydrogen-bond donors (Lipinski definition) is 0. The van der Waals surface area contributed by atoms with Crippen molar-refractivity contribution in [1.82, 2.24) is 4.90 Å². The third-order valence-corrected chi connectivity index (χ3v) is 6.16. The molecule has 0 spiro atoms.